The molecule has 13 nitrogen and oxygen atoms in total. The molecular formula is C57H84N6O7. The van der Waals surface area contributed by atoms with E-state index in [1.165, 1.54) is 19.3 Å². The molecule has 2 aliphatic heterocycles. The van der Waals surface area contributed by atoms with Gasteiger partial charge in [-0.05, 0) is 115 Å². The quantitative estimate of drug-likeness (QED) is 0.0450. The van der Waals surface area contributed by atoms with Gasteiger partial charge in [0.2, 0.25) is 5.91 Å². The van der Waals surface area contributed by atoms with Crippen LogP contribution < -0.4 is 21.3 Å². The number of phenolic OH excluding ortho intramolecular Hbond substituents is 2. The molecule has 0 aromatic heterocycles. The van der Waals surface area contributed by atoms with Gasteiger partial charge >= 0.3 is 12.1 Å². The summed E-state index contributed by atoms with van der Waals surface area (Å²) in [6.45, 7) is 22.4. The van der Waals surface area contributed by atoms with E-state index in [1.54, 1.807) is 0 Å². The maximum atomic E-state index is 12.4. The predicted molar refractivity (Wildman–Crippen MR) is 283 cm³/mol. The van der Waals surface area contributed by atoms with Gasteiger partial charge in [0.05, 0.1) is 26.4 Å². The van der Waals surface area contributed by atoms with Gasteiger partial charge in [0.1, 0.15) is 11.5 Å². The summed E-state index contributed by atoms with van der Waals surface area (Å²) in [5.74, 6) is 0.759. The van der Waals surface area contributed by atoms with Crippen LogP contribution in [0.1, 0.15) is 123 Å². The standard InChI is InChI=1S/C28H39N3O4.C28H41N3O3.CH4/c1-4-29-27(34)30-20-21-8-7-9-22(18-21)24-12-11-23(19-25(24)32)28(2,3)13-6-5-10-26(33)31-14-16-35-17-15-31;1-4-29-27(33)30-21-22-9-8-10-23(19-22)25-12-11-24(20-26(25)32)28(2,3)13-6-5-7-14-31-15-17-34-18-16-31;/h7-9,11-12,18-19,32H,4-6,10,13-17,20H2,1-3H3,(H2,29,30,34);8-12,19-20,32H,4-7,13-18,21H2,1-3H3,(H2,29,30,33);1H4. The number of carbonyl (C=O) groups is 3. The molecular weight excluding hydrogens is 881 g/mol. The lowest BCUT2D eigenvalue weighted by molar-refractivity contribution is -0.135. The molecule has 2 saturated heterocycles. The summed E-state index contributed by atoms with van der Waals surface area (Å²) >= 11 is 0. The topological polar surface area (TPSA) is 165 Å². The molecule has 0 saturated carbocycles. The largest absolute Gasteiger partial charge is 0.507 e. The number of hydrogen-bond donors (Lipinski definition) is 6. The number of rotatable bonds is 21. The highest BCUT2D eigenvalue weighted by Gasteiger charge is 2.24. The number of nitrogens with zero attached hydrogens (tertiary/aromatic N) is 2. The highest BCUT2D eigenvalue weighted by molar-refractivity contribution is 5.77. The monoisotopic (exact) mass is 965 g/mol. The van der Waals surface area contributed by atoms with Gasteiger partial charge in [-0.1, -0.05) is 115 Å². The normalized spacial score (nSPS) is 14.1. The Morgan fingerprint density at radius 2 is 1.03 bits per heavy atom. The number of morpholine rings is 2. The van der Waals surface area contributed by atoms with Crippen molar-refractivity contribution in [2.45, 2.75) is 124 Å². The van der Waals surface area contributed by atoms with E-state index in [1.807, 2.05) is 91.5 Å². The van der Waals surface area contributed by atoms with E-state index in [9.17, 15) is 24.6 Å². The van der Waals surface area contributed by atoms with Crippen molar-refractivity contribution in [2.75, 3.05) is 72.2 Å². The summed E-state index contributed by atoms with van der Waals surface area (Å²) in [5.41, 5.74) is 7.51. The number of ether oxygens (including phenoxy) is 2. The van der Waals surface area contributed by atoms with Crippen LogP contribution in [0.15, 0.2) is 84.9 Å². The second-order valence-electron chi connectivity index (χ2n) is 19.5. The zero-order valence-corrected chi connectivity index (χ0v) is 42.3. The maximum absolute atomic E-state index is 12.4. The number of benzene rings is 4. The van der Waals surface area contributed by atoms with Crippen LogP contribution in [0.3, 0.4) is 0 Å². The third-order valence-electron chi connectivity index (χ3n) is 13.3. The van der Waals surface area contributed by atoms with Crippen LogP contribution in [0.25, 0.3) is 22.3 Å². The first kappa shape index (κ1) is 57.0. The summed E-state index contributed by atoms with van der Waals surface area (Å²) in [4.78, 5) is 40.1. The average Bonchev–Trinajstić information content (AvgIpc) is 3.35. The number of hydrogen-bond acceptors (Lipinski definition) is 8. The zero-order valence-electron chi connectivity index (χ0n) is 42.3. The molecule has 2 fully saturated rings. The average molecular weight is 965 g/mol. The lowest BCUT2D eigenvalue weighted by Crippen LogP contribution is -2.40. The molecule has 2 heterocycles. The van der Waals surface area contributed by atoms with Gasteiger partial charge in [-0.2, -0.15) is 0 Å². The van der Waals surface area contributed by atoms with E-state index in [2.05, 4.69) is 66.0 Å². The van der Waals surface area contributed by atoms with E-state index in [-0.39, 0.29) is 42.0 Å². The molecule has 6 rings (SSSR count). The van der Waals surface area contributed by atoms with Gasteiger partial charge in [0.15, 0.2) is 0 Å². The molecule has 13 heteroatoms. The molecule has 0 unspecified atom stereocenters. The van der Waals surface area contributed by atoms with Crippen molar-refractivity contribution in [3.63, 3.8) is 0 Å². The van der Waals surface area contributed by atoms with Crippen LogP contribution in [0, 0.1) is 0 Å². The second kappa shape index (κ2) is 28.9. The highest BCUT2D eigenvalue weighted by Crippen LogP contribution is 2.38. The Morgan fingerprint density at radius 3 is 1.49 bits per heavy atom. The summed E-state index contributed by atoms with van der Waals surface area (Å²) in [7, 11) is 0. The number of phenols is 2. The number of nitrogens with one attached hydrogen (secondary N) is 4. The van der Waals surface area contributed by atoms with Crippen molar-refractivity contribution >= 4 is 18.0 Å². The van der Waals surface area contributed by atoms with Crippen molar-refractivity contribution in [3.05, 3.63) is 107 Å². The first-order chi connectivity index (χ1) is 33.2. The third kappa shape index (κ3) is 18.3. The Bertz CT molecular complexity index is 2230. The number of aromatic hydroxyl groups is 2. The first-order valence-electron chi connectivity index (χ1n) is 25.2. The minimum absolute atomic E-state index is 0. The van der Waals surface area contributed by atoms with Crippen molar-refractivity contribution in [2.24, 2.45) is 0 Å². The summed E-state index contributed by atoms with van der Waals surface area (Å²) in [6, 6.07) is 27.4. The third-order valence-corrected chi connectivity index (χ3v) is 13.3. The molecule has 0 bridgehead atoms. The van der Waals surface area contributed by atoms with E-state index in [0.29, 0.717) is 64.7 Å². The lowest BCUT2D eigenvalue weighted by atomic mass is 9.79. The fourth-order valence-electron chi connectivity index (χ4n) is 8.91. The van der Waals surface area contributed by atoms with Gasteiger partial charge < -0.3 is 45.9 Å². The fraction of sp³-hybridized carbons (Fsp3) is 0.526. The molecule has 0 atom stereocenters. The molecule has 384 valence electrons. The van der Waals surface area contributed by atoms with Crippen LogP contribution in [-0.2, 0) is 38.2 Å². The van der Waals surface area contributed by atoms with E-state index < -0.39 is 0 Å². The predicted octanol–water partition coefficient (Wildman–Crippen LogP) is 10.3. The first-order valence-corrected chi connectivity index (χ1v) is 25.2. The number of carbonyl (C=O) groups excluding carboxylic acids is 3. The van der Waals surface area contributed by atoms with Crippen LogP contribution in [0.5, 0.6) is 11.5 Å². The highest BCUT2D eigenvalue weighted by atomic mass is 16.5. The number of unbranched alkanes of at least 4 members (excludes halogenated alkanes) is 3. The smallest absolute Gasteiger partial charge is 0.315 e. The van der Waals surface area contributed by atoms with E-state index in [0.717, 1.165) is 103 Å². The van der Waals surface area contributed by atoms with Gasteiger partial charge in [-0.25, -0.2) is 9.59 Å². The summed E-state index contributed by atoms with van der Waals surface area (Å²) in [5, 5.41) is 32.8. The molecule has 0 aliphatic carbocycles. The van der Waals surface area contributed by atoms with Gasteiger partial charge in [-0.3, -0.25) is 9.69 Å². The Hall–Kier alpha value is -5.63. The molecule has 70 heavy (non-hydrogen) atoms. The Labute approximate surface area is 419 Å². The van der Waals surface area contributed by atoms with Crippen molar-refractivity contribution in [1.29, 1.82) is 0 Å². The summed E-state index contributed by atoms with van der Waals surface area (Å²) < 4.78 is 10.7. The van der Waals surface area contributed by atoms with Gasteiger partial charge in [-0.15, -0.1) is 0 Å². The van der Waals surface area contributed by atoms with Crippen LogP contribution in [-0.4, -0.2) is 110 Å². The van der Waals surface area contributed by atoms with Gasteiger partial charge in [0.25, 0.3) is 0 Å². The SMILES string of the molecule is C.CCNC(=O)NCc1cccc(-c2ccc(C(C)(C)CCCCC(=O)N3CCOCC3)cc2O)c1.CCNC(=O)NCc1cccc(-c2ccc(C(C)(C)CCCCCN3CCOCC3)cc2O)c1. The van der Waals surface area contributed by atoms with Crippen LogP contribution >= 0.6 is 0 Å². The van der Waals surface area contributed by atoms with Crippen LogP contribution in [0.2, 0.25) is 0 Å². The number of amides is 5. The minimum atomic E-state index is -0.196. The fourth-order valence-corrected chi connectivity index (χ4v) is 8.91. The molecule has 4 aromatic rings. The molecule has 4 aromatic carbocycles. The Balaban J connectivity index is 0.000000300. The van der Waals surface area contributed by atoms with E-state index in [4.69, 9.17) is 9.47 Å². The molecule has 5 amide bonds. The molecule has 6 N–H and O–H groups in total. The Kier molecular flexibility index (Phi) is 23.5. The number of urea groups is 2. The molecule has 0 spiro atoms. The molecule has 2 aliphatic rings. The summed E-state index contributed by atoms with van der Waals surface area (Å²) in [6.07, 6.45) is 8.05. The van der Waals surface area contributed by atoms with Crippen molar-refractivity contribution in [1.82, 2.24) is 31.1 Å². The van der Waals surface area contributed by atoms with Gasteiger partial charge in [0, 0.05) is 69.9 Å². The molecule has 0 radical (unpaired) electrons. The lowest BCUT2D eigenvalue weighted by Gasteiger charge is -2.28. The minimum Gasteiger partial charge on any atom is -0.507 e. The second-order valence-corrected chi connectivity index (χ2v) is 19.5. The van der Waals surface area contributed by atoms with Crippen LogP contribution in [0.4, 0.5) is 9.59 Å². The van der Waals surface area contributed by atoms with Crippen molar-refractivity contribution in [3.8, 4) is 33.8 Å². The van der Waals surface area contributed by atoms with E-state index >= 15 is 0 Å². The maximum Gasteiger partial charge on any atom is 0.315 e. The van der Waals surface area contributed by atoms with Crippen molar-refractivity contribution < 1.29 is 34.1 Å². The Morgan fingerprint density at radius 1 is 0.571 bits per heavy atom. The zero-order chi connectivity index (χ0) is 49.7.